The highest BCUT2D eigenvalue weighted by atomic mass is 35.5. The maximum absolute atomic E-state index is 15.6. The number of thioether (sulfide) groups is 1. The summed E-state index contributed by atoms with van der Waals surface area (Å²) in [5, 5.41) is -0.779. The third-order valence-electron chi connectivity index (χ3n) is 7.51. The van der Waals surface area contributed by atoms with Crippen molar-refractivity contribution in [2.24, 2.45) is 0 Å². The van der Waals surface area contributed by atoms with E-state index in [4.69, 9.17) is 30.8 Å². The van der Waals surface area contributed by atoms with E-state index in [0.29, 0.717) is 36.2 Å². The minimum absolute atomic E-state index is 0.0533. The zero-order valence-electron chi connectivity index (χ0n) is 26.1. The molecule has 6 nitrogen and oxygen atoms in total. The van der Waals surface area contributed by atoms with E-state index >= 15 is 17.6 Å². The molecule has 0 saturated carbocycles. The van der Waals surface area contributed by atoms with E-state index in [0.717, 1.165) is 11.1 Å². The zero-order valence-corrected chi connectivity index (χ0v) is 28.5. The summed E-state index contributed by atoms with van der Waals surface area (Å²) in [5.74, 6) is -8.12. The van der Waals surface area contributed by atoms with Crippen LogP contribution in [0.3, 0.4) is 0 Å². The second kappa shape index (κ2) is 17.3. The zero-order chi connectivity index (χ0) is 34.1. The molecule has 0 aliphatic carbocycles. The van der Waals surface area contributed by atoms with E-state index < -0.39 is 69.7 Å². The molecule has 0 aromatic heterocycles. The van der Waals surface area contributed by atoms with Crippen molar-refractivity contribution in [1.29, 1.82) is 0 Å². The van der Waals surface area contributed by atoms with Crippen LogP contribution in [-0.4, -0.2) is 54.6 Å². The van der Waals surface area contributed by atoms with E-state index in [2.05, 4.69) is 0 Å². The third kappa shape index (κ3) is 10.5. The van der Waals surface area contributed by atoms with Crippen molar-refractivity contribution in [1.82, 2.24) is 0 Å². The Hall–Kier alpha value is -1.97. The number of hydrogen-bond acceptors (Lipinski definition) is 6. The molecule has 0 fully saturated rings. The molecule has 0 aliphatic heterocycles. The van der Waals surface area contributed by atoms with E-state index in [1.807, 2.05) is 24.3 Å². The van der Waals surface area contributed by atoms with Crippen molar-refractivity contribution in [3.8, 4) is 0 Å². The second-order valence-corrected chi connectivity index (χ2v) is 16.7. The van der Waals surface area contributed by atoms with Crippen molar-refractivity contribution in [2.45, 2.75) is 54.3 Å². The van der Waals surface area contributed by atoms with Crippen LogP contribution in [0.1, 0.15) is 54.2 Å². The van der Waals surface area contributed by atoms with E-state index in [1.165, 1.54) is 33.5 Å². The van der Waals surface area contributed by atoms with Crippen molar-refractivity contribution in [3.63, 3.8) is 0 Å². The van der Waals surface area contributed by atoms with Gasteiger partial charge in [0.1, 0.15) is 0 Å². The standard InChI is InChI=1S/C31H37ClF4O6S2Si/c1-40-45(41-2,42-3)19-16-22-12-10-21(11-13-22)14-15-24(20-25(32)23-8-5-4-6-9-23)26-27(33)29(35)31(30(36)28(26)34)43-17-7-18-44(37,38)39/h4-6,8-13,24-25H,7,14-20H2,1-3H3,(H,37,38,39)/i4T. The van der Waals surface area contributed by atoms with E-state index in [1.54, 1.807) is 12.1 Å². The maximum Gasteiger partial charge on any atom is 0.500 e. The molecule has 2 unspecified atom stereocenters. The molecule has 2 atom stereocenters. The van der Waals surface area contributed by atoms with Crippen LogP contribution in [0.4, 0.5) is 17.6 Å². The highest BCUT2D eigenvalue weighted by Crippen LogP contribution is 2.41. The third-order valence-corrected chi connectivity index (χ3v) is 12.6. The molecule has 3 aromatic carbocycles. The van der Waals surface area contributed by atoms with Gasteiger partial charge >= 0.3 is 8.80 Å². The van der Waals surface area contributed by atoms with Crippen LogP contribution < -0.4 is 0 Å². The first-order chi connectivity index (χ1) is 21.7. The Balaban J connectivity index is 1.86. The lowest BCUT2D eigenvalue weighted by Gasteiger charge is -2.24. The summed E-state index contributed by atoms with van der Waals surface area (Å²) in [5.41, 5.74) is 1.66. The molecule has 45 heavy (non-hydrogen) atoms. The van der Waals surface area contributed by atoms with Crippen LogP contribution in [0, 0.1) is 23.3 Å². The van der Waals surface area contributed by atoms with Crippen LogP contribution in [0.15, 0.2) is 59.5 Å². The summed E-state index contributed by atoms with van der Waals surface area (Å²) in [7, 11) is -2.44. The Labute approximate surface area is 274 Å². The smallest absolute Gasteiger partial charge is 0.377 e. The molecule has 0 amide bonds. The predicted molar refractivity (Wildman–Crippen MR) is 170 cm³/mol. The van der Waals surface area contributed by atoms with Gasteiger partial charge in [0.05, 0.1) is 17.4 Å². The first-order valence-corrected chi connectivity index (χ1v) is 19.1. The minimum atomic E-state index is -4.30. The number of aryl methyl sites for hydroxylation is 2. The number of rotatable bonds is 18. The normalized spacial score (nSPS) is 13.9. The summed E-state index contributed by atoms with van der Waals surface area (Å²) in [6.45, 7) is 0. The molecular formula is C31H37ClF4O6S2Si. The molecule has 0 heterocycles. The molecule has 1 N–H and O–H groups in total. The van der Waals surface area contributed by atoms with Gasteiger partial charge in [0.15, 0.2) is 23.3 Å². The number of alkyl halides is 1. The molecule has 248 valence electrons. The fourth-order valence-corrected chi connectivity index (χ4v) is 8.66. The molecule has 3 rings (SSSR count). The molecule has 0 spiro atoms. The average molecular weight is 711 g/mol. The average Bonchev–Trinajstić information content (AvgIpc) is 3.03. The quantitative estimate of drug-likeness (QED) is 0.0272. The maximum atomic E-state index is 15.6. The lowest BCUT2D eigenvalue weighted by Crippen LogP contribution is -2.43. The molecule has 0 radical (unpaired) electrons. The topological polar surface area (TPSA) is 82.1 Å². The summed E-state index contributed by atoms with van der Waals surface area (Å²) >= 11 is 7.08. The first-order valence-electron chi connectivity index (χ1n) is 14.6. The van der Waals surface area contributed by atoms with Gasteiger partial charge in [0, 0.05) is 32.9 Å². The molecular weight excluding hydrogens is 672 g/mol. The number of benzene rings is 3. The molecule has 0 bridgehead atoms. The monoisotopic (exact) mass is 710 g/mol. The van der Waals surface area contributed by atoms with Crippen molar-refractivity contribution in [2.75, 3.05) is 32.8 Å². The molecule has 0 aliphatic rings. The van der Waals surface area contributed by atoms with Crippen LogP contribution in [-0.2, 0) is 36.2 Å². The van der Waals surface area contributed by atoms with Crippen LogP contribution in [0.5, 0.6) is 0 Å². The summed E-state index contributed by atoms with van der Waals surface area (Å²) in [6, 6.07) is 14.6. The highest BCUT2D eigenvalue weighted by molar-refractivity contribution is 7.99. The second-order valence-electron chi connectivity index (χ2n) is 10.4. The van der Waals surface area contributed by atoms with Gasteiger partial charge in [-0.1, -0.05) is 54.6 Å². The van der Waals surface area contributed by atoms with Gasteiger partial charge in [-0.25, -0.2) is 17.6 Å². The summed E-state index contributed by atoms with van der Waals surface area (Å²) in [6.07, 6.45) is 0.821. The van der Waals surface area contributed by atoms with Gasteiger partial charge in [-0.15, -0.1) is 23.4 Å². The molecule has 3 aromatic rings. The Morgan fingerprint density at radius 3 is 1.96 bits per heavy atom. The first kappa shape index (κ1) is 35.9. The number of hydrogen-bond donors (Lipinski definition) is 1. The van der Waals surface area contributed by atoms with Crippen LogP contribution in [0.25, 0.3) is 0 Å². The highest BCUT2D eigenvalue weighted by Gasteiger charge is 2.37. The van der Waals surface area contributed by atoms with Crippen molar-refractivity contribution in [3.05, 3.63) is 100 Å². The van der Waals surface area contributed by atoms with Gasteiger partial charge in [0.25, 0.3) is 10.1 Å². The van der Waals surface area contributed by atoms with Gasteiger partial charge in [0.2, 0.25) is 0 Å². The van der Waals surface area contributed by atoms with Crippen molar-refractivity contribution < 1.29 is 45.2 Å². The number of halogens is 5. The van der Waals surface area contributed by atoms with Crippen molar-refractivity contribution >= 4 is 42.3 Å². The van der Waals surface area contributed by atoms with Gasteiger partial charge in [-0.05, 0) is 60.5 Å². The fraction of sp³-hybridized carbons (Fsp3) is 0.419. The molecule has 0 saturated heterocycles. The Bertz CT molecular complexity index is 1510. The molecule has 14 heteroatoms. The Kier molecular flexibility index (Phi) is 13.8. The summed E-state index contributed by atoms with van der Waals surface area (Å²) < 4.78 is 116. The minimum Gasteiger partial charge on any atom is -0.377 e. The lowest BCUT2D eigenvalue weighted by atomic mass is 9.86. The van der Waals surface area contributed by atoms with E-state index in [9.17, 15) is 8.42 Å². The van der Waals surface area contributed by atoms with Gasteiger partial charge in [-0.2, -0.15) is 8.42 Å². The summed E-state index contributed by atoms with van der Waals surface area (Å²) in [4.78, 5) is -0.903. The largest absolute Gasteiger partial charge is 0.500 e. The van der Waals surface area contributed by atoms with Gasteiger partial charge in [-0.3, -0.25) is 4.55 Å². The predicted octanol–water partition coefficient (Wildman–Crippen LogP) is 8.12. The fourth-order valence-electron chi connectivity index (χ4n) is 4.97. The SMILES string of the molecule is [3H]c1ccc(C(Cl)CC(CCc2ccc(CC[Si](OC)(OC)OC)cc2)c2c(F)c(F)c(SCCCS(=O)(=O)O)c(F)c2F)cc1. The van der Waals surface area contributed by atoms with Gasteiger partial charge < -0.3 is 13.3 Å². The van der Waals surface area contributed by atoms with Crippen LogP contribution >= 0.6 is 23.4 Å². The van der Waals surface area contributed by atoms with E-state index in [-0.39, 0.29) is 31.1 Å². The Morgan fingerprint density at radius 1 is 0.911 bits per heavy atom. The van der Waals surface area contributed by atoms with Crippen LogP contribution in [0.2, 0.25) is 6.04 Å². The Morgan fingerprint density at radius 2 is 1.44 bits per heavy atom. The lowest BCUT2D eigenvalue weighted by molar-refractivity contribution is 0.123.